The minimum absolute atomic E-state index is 0.0311. The third kappa shape index (κ3) is 3.26. The second-order valence-corrected chi connectivity index (χ2v) is 4.78. The van der Waals surface area contributed by atoms with Crippen molar-refractivity contribution in [2.45, 2.75) is 26.4 Å². The molecule has 1 aromatic rings. The molecule has 0 fully saturated rings. The maximum Gasteiger partial charge on any atom is 0.307 e. The average molecular weight is 292 g/mol. The summed E-state index contributed by atoms with van der Waals surface area (Å²) in [7, 11) is 1.37. The molecule has 1 aliphatic heterocycles. The Balaban J connectivity index is 2.10. The van der Waals surface area contributed by atoms with Gasteiger partial charge in [-0.3, -0.25) is 9.59 Å². The summed E-state index contributed by atoms with van der Waals surface area (Å²) in [4.78, 5) is 24.8. The number of rotatable bonds is 5. The van der Waals surface area contributed by atoms with Crippen molar-refractivity contribution in [2.75, 3.05) is 30.4 Å². The van der Waals surface area contributed by atoms with E-state index in [-0.39, 0.29) is 11.9 Å². The number of hydrogen-bond donors (Lipinski definition) is 1. The zero-order valence-electron chi connectivity index (χ0n) is 12.5. The molecule has 1 unspecified atom stereocenters. The van der Waals surface area contributed by atoms with Crippen LogP contribution in [0.3, 0.4) is 0 Å². The molecule has 0 saturated heterocycles. The van der Waals surface area contributed by atoms with Gasteiger partial charge < -0.3 is 19.7 Å². The molecule has 0 spiro atoms. The van der Waals surface area contributed by atoms with E-state index in [9.17, 15) is 9.59 Å². The Hall–Kier alpha value is -2.24. The van der Waals surface area contributed by atoms with Crippen molar-refractivity contribution in [1.29, 1.82) is 0 Å². The quantitative estimate of drug-likeness (QED) is 0.838. The molecule has 1 aliphatic rings. The van der Waals surface area contributed by atoms with Crippen LogP contribution in [-0.4, -0.2) is 38.2 Å². The highest BCUT2D eigenvalue weighted by atomic mass is 16.5. The number of likely N-dealkylation sites (N-methyl/N-ethyl adjacent to an activating group) is 1. The van der Waals surface area contributed by atoms with E-state index < -0.39 is 6.10 Å². The van der Waals surface area contributed by atoms with Gasteiger partial charge in [0.25, 0.3) is 5.91 Å². The standard InChI is InChI=1S/C15H20N2O4/c1-4-17-12-6-5-11(16-8-7-14(18)20-3)9-13(12)21-10(2)15(17)19/h5-6,9-10,16H,4,7-8H2,1-3H3. The molecule has 1 aromatic carbocycles. The monoisotopic (exact) mass is 292 g/mol. The number of amides is 1. The molecule has 114 valence electrons. The fourth-order valence-electron chi connectivity index (χ4n) is 2.26. The number of hydrogen-bond acceptors (Lipinski definition) is 5. The first-order valence-electron chi connectivity index (χ1n) is 6.99. The summed E-state index contributed by atoms with van der Waals surface area (Å²) in [5.74, 6) is 0.386. The molecule has 0 bridgehead atoms. The number of nitrogens with one attached hydrogen (secondary N) is 1. The maximum absolute atomic E-state index is 12.0. The predicted octanol–water partition coefficient (Wildman–Crippen LogP) is 1.80. The lowest BCUT2D eigenvalue weighted by atomic mass is 10.1. The molecule has 0 aromatic heterocycles. The van der Waals surface area contributed by atoms with Crippen molar-refractivity contribution >= 4 is 23.3 Å². The SMILES string of the molecule is CCN1C(=O)C(C)Oc2cc(NCCC(=O)OC)ccc21. The Morgan fingerprint density at radius 1 is 1.48 bits per heavy atom. The summed E-state index contributed by atoms with van der Waals surface area (Å²) in [5, 5.41) is 3.13. The van der Waals surface area contributed by atoms with Gasteiger partial charge in [-0.05, 0) is 26.0 Å². The number of carbonyl (C=O) groups is 2. The zero-order valence-corrected chi connectivity index (χ0v) is 12.5. The third-order valence-corrected chi connectivity index (χ3v) is 3.37. The molecular formula is C15H20N2O4. The smallest absolute Gasteiger partial charge is 0.307 e. The zero-order chi connectivity index (χ0) is 15.4. The molecule has 1 N–H and O–H groups in total. The van der Waals surface area contributed by atoms with Crippen LogP contribution in [0.25, 0.3) is 0 Å². The third-order valence-electron chi connectivity index (χ3n) is 3.37. The maximum atomic E-state index is 12.0. The molecule has 1 amide bonds. The van der Waals surface area contributed by atoms with Crippen LogP contribution in [0.4, 0.5) is 11.4 Å². The lowest BCUT2D eigenvalue weighted by molar-refractivity contribution is -0.140. The van der Waals surface area contributed by atoms with E-state index >= 15 is 0 Å². The highest BCUT2D eigenvalue weighted by Crippen LogP contribution is 2.36. The Kier molecular flexibility index (Phi) is 4.67. The fraction of sp³-hybridized carbons (Fsp3) is 0.467. The second-order valence-electron chi connectivity index (χ2n) is 4.78. The van der Waals surface area contributed by atoms with Crippen molar-refractivity contribution in [1.82, 2.24) is 0 Å². The highest BCUT2D eigenvalue weighted by Gasteiger charge is 2.30. The molecule has 0 aliphatic carbocycles. The Bertz CT molecular complexity index is 544. The highest BCUT2D eigenvalue weighted by molar-refractivity contribution is 6.00. The fourth-order valence-corrected chi connectivity index (χ4v) is 2.26. The van der Waals surface area contributed by atoms with Crippen LogP contribution in [-0.2, 0) is 14.3 Å². The molecule has 1 atom stereocenters. The van der Waals surface area contributed by atoms with Crippen LogP contribution in [0.1, 0.15) is 20.3 Å². The largest absolute Gasteiger partial charge is 0.479 e. The van der Waals surface area contributed by atoms with Crippen LogP contribution >= 0.6 is 0 Å². The predicted molar refractivity (Wildman–Crippen MR) is 79.7 cm³/mol. The number of nitrogens with zero attached hydrogens (tertiary/aromatic N) is 1. The van der Waals surface area contributed by atoms with Crippen molar-refractivity contribution in [2.24, 2.45) is 0 Å². The first-order chi connectivity index (χ1) is 10.1. The number of benzene rings is 1. The van der Waals surface area contributed by atoms with Crippen molar-refractivity contribution in [3.05, 3.63) is 18.2 Å². The minimum Gasteiger partial charge on any atom is -0.479 e. The van der Waals surface area contributed by atoms with Gasteiger partial charge in [0, 0.05) is 24.8 Å². The van der Waals surface area contributed by atoms with E-state index in [2.05, 4.69) is 10.1 Å². The van der Waals surface area contributed by atoms with Crippen LogP contribution in [0.2, 0.25) is 0 Å². The minimum atomic E-state index is -0.484. The Labute approximate surface area is 124 Å². The van der Waals surface area contributed by atoms with Crippen molar-refractivity contribution in [3.8, 4) is 5.75 Å². The summed E-state index contributed by atoms with van der Waals surface area (Å²) >= 11 is 0. The molecular weight excluding hydrogens is 272 g/mol. The van der Waals surface area contributed by atoms with Gasteiger partial charge in [0.15, 0.2) is 6.10 Å². The van der Waals surface area contributed by atoms with Crippen LogP contribution in [0, 0.1) is 0 Å². The summed E-state index contributed by atoms with van der Waals surface area (Å²) in [6.07, 6.45) is -0.187. The van der Waals surface area contributed by atoms with E-state index in [0.29, 0.717) is 25.3 Å². The van der Waals surface area contributed by atoms with Gasteiger partial charge in [-0.2, -0.15) is 0 Å². The number of fused-ring (bicyclic) bond motifs is 1. The average Bonchev–Trinajstić information content (AvgIpc) is 2.48. The van der Waals surface area contributed by atoms with E-state index in [1.807, 2.05) is 25.1 Å². The van der Waals surface area contributed by atoms with Gasteiger partial charge in [-0.15, -0.1) is 0 Å². The summed E-state index contributed by atoms with van der Waals surface area (Å²) in [6, 6.07) is 5.56. The number of ether oxygens (including phenoxy) is 2. The number of carbonyl (C=O) groups excluding carboxylic acids is 2. The van der Waals surface area contributed by atoms with Gasteiger partial charge in [0.1, 0.15) is 5.75 Å². The van der Waals surface area contributed by atoms with E-state index in [1.165, 1.54) is 7.11 Å². The summed E-state index contributed by atoms with van der Waals surface area (Å²) in [5.41, 5.74) is 1.62. The van der Waals surface area contributed by atoms with Gasteiger partial charge in [-0.1, -0.05) is 0 Å². The Morgan fingerprint density at radius 2 is 2.24 bits per heavy atom. The molecule has 0 radical (unpaired) electrons. The molecule has 6 nitrogen and oxygen atoms in total. The molecule has 6 heteroatoms. The Morgan fingerprint density at radius 3 is 2.90 bits per heavy atom. The van der Waals surface area contributed by atoms with Gasteiger partial charge in [0.05, 0.1) is 19.2 Å². The lowest BCUT2D eigenvalue weighted by Gasteiger charge is -2.32. The number of anilines is 2. The summed E-state index contributed by atoms with van der Waals surface area (Å²) < 4.78 is 10.2. The first kappa shape index (κ1) is 15.2. The second kappa shape index (κ2) is 6.47. The van der Waals surface area contributed by atoms with E-state index in [4.69, 9.17) is 4.74 Å². The van der Waals surface area contributed by atoms with Gasteiger partial charge >= 0.3 is 5.97 Å². The van der Waals surface area contributed by atoms with Gasteiger partial charge in [0.2, 0.25) is 0 Å². The van der Waals surface area contributed by atoms with Gasteiger partial charge in [-0.25, -0.2) is 0 Å². The van der Waals surface area contributed by atoms with Crippen LogP contribution in [0.5, 0.6) is 5.75 Å². The summed E-state index contributed by atoms with van der Waals surface area (Å²) in [6.45, 7) is 4.76. The molecule has 2 rings (SSSR count). The molecule has 0 saturated carbocycles. The van der Waals surface area contributed by atoms with Crippen LogP contribution in [0.15, 0.2) is 18.2 Å². The number of esters is 1. The van der Waals surface area contributed by atoms with Crippen LogP contribution < -0.4 is 15.0 Å². The van der Waals surface area contributed by atoms with Crippen molar-refractivity contribution < 1.29 is 19.1 Å². The van der Waals surface area contributed by atoms with E-state index in [1.54, 1.807) is 11.8 Å². The van der Waals surface area contributed by atoms with Crippen molar-refractivity contribution in [3.63, 3.8) is 0 Å². The molecule has 1 heterocycles. The number of methoxy groups -OCH3 is 1. The normalized spacial score (nSPS) is 17.0. The lowest BCUT2D eigenvalue weighted by Crippen LogP contribution is -2.44. The van der Waals surface area contributed by atoms with E-state index in [0.717, 1.165) is 11.4 Å². The first-order valence-corrected chi connectivity index (χ1v) is 6.99. The molecule has 21 heavy (non-hydrogen) atoms. The topological polar surface area (TPSA) is 67.9 Å².